The van der Waals surface area contributed by atoms with Crippen molar-refractivity contribution in [3.63, 3.8) is 0 Å². The summed E-state index contributed by atoms with van der Waals surface area (Å²) in [7, 11) is 0. The number of hydrogen-bond donors (Lipinski definition) is 1. The summed E-state index contributed by atoms with van der Waals surface area (Å²) in [5, 5.41) is 10.9. The van der Waals surface area contributed by atoms with Crippen LogP contribution in [0.25, 0.3) is 10.9 Å². The summed E-state index contributed by atoms with van der Waals surface area (Å²) >= 11 is 1.69. The van der Waals surface area contributed by atoms with Crippen molar-refractivity contribution in [1.29, 1.82) is 0 Å². The van der Waals surface area contributed by atoms with Crippen molar-refractivity contribution in [3.8, 4) is 0 Å². The molecule has 2 aromatic rings. The van der Waals surface area contributed by atoms with Crippen molar-refractivity contribution in [2.24, 2.45) is 0 Å². The van der Waals surface area contributed by atoms with Crippen LogP contribution in [0.5, 0.6) is 0 Å². The highest BCUT2D eigenvalue weighted by Gasteiger charge is 2.12. The van der Waals surface area contributed by atoms with Crippen molar-refractivity contribution in [2.75, 3.05) is 0 Å². The number of aromatic nitrogens is 1. The largest absolute Gasteiger partial charge is 0.392 e. The van der Waals surface area contributed by atoms with Crippen molar-refractivity contribution in [3.05, 3.63) is 36.5 Å². The number of nitrogens with zero attached hydrogens (tertiary/aromatic N) is 1. The first-order valence-corrected chi connectivity index (χ1v) is 6.25. The zero-order valence-corrected chi connectivity index (χ0v) is 10.2. The second-order valence-electron chi connectivity index (χ2n) is 3.89. The molecule has 0 bridgehead atoms. The first kappa shape index (κ1) is 11.4. The molecule has 84 valence electrons. The van der Waals surface area contributed by atoms with Gasteiger partial charge in [-0.1, -0.05) is 25.1 Å². The van der Waals surface area contributed by atoms with Crippen molar-refractivity contribution in [2.45, 2.75) is 30.1 Å². The standard InChI is InChI=1S/C13H15NOS/c1-9(15)10(2)16-13-7-8-14-12-6-4-3-5-11(12)13/h3-10,15H,1-2H3. The van der Waals surface area contributed by atoms with Gasteiger partial charge in [0.05, 0.1) is 11.6 Å². The van der Waals surface area contributed by atoms with Crippen LogP contribution in [0.15, 0.2) is 41.4 Å². The molecule has 0 spiro atoms. The molecule has 0 aliphatic heterocycles. The van der Waals surface area contributed by atoms with Gasteiger partial charge in [0.25, 0.3) is 0 Å². The number of aliphatic hydroxyl groups is 1. The Morgan fingerprint density at radius 3 is 2.69 bits per heavy atom. The summed E-state index contributed by atoms with van der Waals surface area (Å²) in [4.78, 5) is 5.50. The molecule has 0 fully saturated rings. The minimum absolute atomic E-state index is 0.186. The Hall–Kier alpha value is -1.06. The van der Waals surface area contributed by atoms with Gasteiger partial charge in [-0.2, -0.15) is 0 Å². The summed E-state index contributed by atoms with van der Waals surface area (Å²) in [5.74, 6) is 0. The van der Waals surface area contributed by atoms with E-state index in [4.69, 9.17) is 0 Å². The fraction of sp³-hybridized carbons (Fsp3) is 0.308. The number of benzene rings is 1. The van der Waals surface area contributed by atoms with Crippen LogP contribution in [0.1, 0.15) is 13.8 Å². The molecule has 2 nitrogen and oxygen atoms in total. The third kappa shape index (κ3) is 2.36. The predicted molar refractivity (Wildman–Crippen MR) is 68.7 cm³/mol. The molecule has 0 saturated heterocycles. The van der Waals surface area contributed by atoms with E-state index < -0.39 is 0 Å². The van der Waals surface area contributed by atoms with Crippen LogP contribution >= 0.6 is 11.8 Å². The molecule has 0 amide bonds. The zero-order valence-electron chi connectivity index (χ0n) is 9.42. The van der Waals surface area contributed by atoms with Gasteiger partial charge in [0.2, 0.25) is 0 Å². The van der Waals surface area contributed by atoms with Gasteiger partial charge in [0.1, 0.15) is 0 Å². The lowest BCUT2D eigenvalue weighted by molar-refractivity contribution is 0.196. The zero-order chi connectivity index (χ0) is 11.5. The molecule has 2 rings (SSSR count). The van der Waals surface area contributed by atoms with E-state index >= 15 is 0 Å². The van der Waals surface area contributed by atoms with Crippen molar-refractivity contribution >= 4 is 22.7 Å². The minimum Gasteiger partial charge on any atom is -0.392 e. The van der Waals surface area contributed by atoms with Gasteiger partial charge in [-0.25, -0.2) is 0 Å². The number of hydrogen-bond acceptors (Lipinski definition) is 3. The highest BCUT2D eigenvalue weighted by Crippen LogP contribution is 2.30. The average Bonchev–Trinajstić information content (AvgIpc) is 2.29. The number of para-hydroxylation sites is 1. The van der Waals surface area contributed by atoms with E-state index in [2.05, 4.69) is 11.1 Å². The Morgan fingerprint density at radius 2 is 1.94 bits per heavy atom. The van der Waals surface area contributed by atoms with Crippen LogP contribution in [0.3, 0.4) is 0 Å². The van der Waals surface area contributed by atoms with Crippen LogP contribution in [0.2, 0.25) is 0 Å². The summed E-state index contributed by atoms with van der Waals surface area (Å²) in [6.07, 6.45) is 1.51. The van der Waals surface area contributed by atoms with Crippen LogP contribution in [0.4, 0.5) is 0 Å². The summed E-state index contributed by atoms with van der Waals surface area (Å²) in [5.41, 5.74) is 1.00. The number of rotatable bonds is 3. The number of pyridine rings is 1. The van der Waals surface area contributed by atoms with E-state index in [0.29, 0.717) is 0 Å². The molecule has 1 aromatic carbocycles. The van der Waals surface area contributed by atoms with Crippen LogP contribution in [0, 0.1) is 0 Å². The molecular weight excluding hydrogens is 218 g/mol. The van der Waals surface area contributed by atoms with Gasteiger partial charge >= 0.3 is 0 Å². The quantitative estimate of drug-likeness (QED) is 0.827. The van der Waals surface area contributed by atoms with Crippen LogP contribution in [-0.2, 0) is 0 Å². The SMILES string of the molecule is CC(O)C(C)Sc1ccnc2ccccc12. The molecule has 2 atom stereocenters. The first-order chi connectivity index (χ1) is 7.68. The maximum Gasteiger partial charge on any atom is 0.0713 e. The molecule has 2 unspecified atom stereocenters. The second-order valence-corrected chi connectivity index (χ2v) is 5.31. The smallest absolute Gasteiger partial charge is 0.0713 e. The van der Waals surface area contributed by atoms with Gasteiger partial charge in [0.15, 0.2) is 0 Å². The highest BCUT2D eigenvalue weighted by atomic mass is 32.2. The Balaban J connectivity index is 2.37. The molecule has 3 heteroatoms. The molecule has 1 N–H and O–H groups in total. The number of thioether (sulfide) groups is 1. The Morgan fingerprint density at radius 1 is 1.19 bits per heavy atom. The molecule has 1 aromatic heterocycles. The molecular formula is C13H15NOS. The third-order valence-corrected chi connectivity index (χ3v) is 3.98. The Labute approximate surface area is 99.7 Å². The molecule has 16 heavy (non-hydrogen) atoms. The van der Waals surface area contributed by atoms with Crippen molar-refractivity contribution < 1.29 is 5.11 Å². The minimum atomic E-state index is -0.308. The summed E-state index contributed by atoms with van der Waals surface area (Å²) in [6.45, 7) is 3.85. The number of fused-ring (bicyclic) bond motifs is 1. The van der Waals surface area contributed by atoms with E-state index in [1.54, 1.807) is 11.8 Å². The van der Waals surface area contributed by atoms with Gasteiger partial charge < -0.3 is 5.11 Å². The lowest BCUT2D eigenvalue weighted by Gasteiger charge is -2.15. The number of aliphatic hydroxyl groups excluding tert-OH is 1. The monoisotopic (exact) mass is 233 g/mol. The molecule has 0 aliphatic carbocycles. The van der Waals surface area contributed by atoms with E-state index in [1.807, 2.05) is 44.3 Å². The second kappa shape index (κ2) is 4.85. The van der Waals surface area contributed by atoms with Crippen molar-refractivity contribution in [1.82, 2.24) is 4.98 Å². The summed E-state index contributed by atoms with van der Waals surface area (Å²) < 4.78 is 0. The maximum absolute atomic E-state index is 9.52. The molecule has 1 heterocycles. The first-order valence-electron chi connectivity index (χ1n) is 5.37. The summed E-state index contributed by atoms with van der Waals surface area (Å²) in [6, 6.07) is 10.1. The van der Waals surface area contributed by atoms with Crippen LogP contribution in [-0.4, -0.2) is 21.4 Å². The lowest BCUT2D eigenvalue weighted by Crippen LogP contribution is -2.14. The fourth-order valence-electron chi connectivity index (χ4n) is 1.47. The third-order valence-electron chi connectivity index (χ3n) is 2.60. The van der Waals surface area contributed by atoms with Crippen LogP contribution < -0.4 is 0 Å². The van der Waals surface area contributed by atoms with E-state index in [0.717, 1.165) is 10.9 Å². The fourth-order valence-corrected chi connectivity index (χ4v) is 2.51. The normalized spacial score (nSPS) is 14.9. The average molecular weight is 233 g/mol. The predicted octanol–water partition coefficient (Wildman–Crippen LogP) is 3.10. The van der Waals surface area contributed by atoms with Gasteiger partial charge in [0, 0.05) is 21.7 Å². The lowest BCUT2D eigenvalue weighted by atomic mass is 10.2. The molecule has 0 radical (unpaired) electrons. The highest BCUT2D eigenvalue weighted by molar-refractivity contribution is 8.00. The topological polar surface area (TPSA) is 33.1 Å². The van der Waals surface area contributed by atoms with E-state index in [9.17, 15) is 5.11 Å². The Bertz CT molecular complexity index is 479. The Kier molecular flexibility index (Phi) is 3.46. The van der Waals surface area contributed by atoms with Gasteiger partial charge in [-0.3, -0.25) is 4.98 Å². The van der Waals surface area contributed by atoms with Gasteiger partial charge in [-0.15, -0.1) is 11.8 Å². The van der Waals surface area contributed by atoms with Gasteiger partial charge in [-0.05, 0) is 19.1 Å². The van der Waals surface area contributed by atoms with E-state index in [1.165, 1.54) is 4.90 Å². The molecule has 0 saturated carbocycles. The van der Waals surface area contributed by atoms with E-state index in [-0.39, 0.29) is 11.4 Å². The molecule has 0 aliphatic rings. The maximum atomic E-state index is 9.52.